The Kier molecular flexibility index (Phi) is 5.36. The number of hydrogen-bond acceptors (Lipinski definition) is 3. The average Bonchev–Trinajstić information content (AvgIpc) is 3.15. The number of amides is 1. The van der Waals surface area contributed by atoms with Crippen molar-refractivity contribution >= 4 is 17.5 Å². The summed E-state index contributed by atoms with van der Waals surface area (Å²) in [6.45, 7) is 2.26. The highest BCUT2D eigenvalue weighted by Gasteiger charge is 2.07. The lowest BCUT2D eigenvalue weighted by atomic mass is 10.1. The zero-order valence-corrected chi connectivity index (χ0v) is 14.5. The van der Waals surface area contributed by atoms with Gasteiger partial charge in [-0.25, -0.2) is 4.98 Å². The standard InChI is InChI=1S/C19H18ClN3O2/c1-14-10-16(6-7-17(14)20)25-12-19(24)22-11-15-4-2-3-5-18(15)23-9-8-21-13-23/h2-10,13H,11-12H2,1H3,(H,22,24). The number of nitrogens with zero attached hydrogens (tertiary/aromatic N) is 2. The number of aryl methyl sites for hydroxylation is 1. The monoisotopic (exact) mass is 355 g/mol. The predicted octanol–water partition coefficient (Wildman–Crippen LogP) is 3.53. The SMILES string of the molecule is Cc1cc(OCC(=O)NCc2ccccc2-n2ccnc2)ccc1Cl. The Morgan fingerprint density at radius 3 is 2.88 bits per heavy atom. The summed E-state index contributed by atoms with van der Waals surface area (Å²) < 4.78 is 7.42. The van der Waals surface area contributed by atoms with E-state index in [1.807, 2.05) is 48.0 Å². The van der Waals surface area contributed by atoms with Crippen LogP contribution in [0.15, 0.2) is 61.2 Å². The van der Waals surface area contributed by atoms with E-state index in [1.165, 1.54) is 0 Å². The van der Waals surface area contributed by atoms with Crippen LogP contribution in [0.1, 0.15) is 11.1 Å². The van der Waals surface area contributed by atoms with Gasteiger partial charge < -0.3 is 14.6 Å². The molecule has 1 aromatic heterocycles. The Balaban J connectivity index is 1.57. The lowest BCUT2D eigenvalue weighted by molar-refractivity contribution is -0.123. The molecule has 0 atom stereocenters. The number of ether oxygens (including phenoxy) is 1. The van der Waals surface area contributed by atoms with Gasteiger partial charge in [-0.1, -0.05) is 29.8 Å². The number of hydrogen-bond donors (Lipinski definition) is 1. The van der Waals surface area contributed by atoms with Gasteiger partial charge in [0.1, 0.15) is 5.75 Å². The van der Waals surface area contributed by atoms with Gasteiger partial charge in [-0.3, -0.25) is 4.79 Å². The summed E-state index contributed by atoms with van der Waals surface area (Å²) in [7, 11) is 0. The van der Waals surface area contributed by atoms with Crippen molar-refractivity contribution in [3.05, 3.63) is 77.3 Å². The van der Waals surface area contributed by atoms with Crippen LogP contribution in [0.5, 0.6) is 5.75 Å². The molecular formula is C19H18ClN3O2. The normalized spacial score (nSPS) is 10.5. The van der Waals surface area contributed by atoms with Crippen molar-refractivity contribution in [1.29, 1.82) is 0 Å². The van der Waals surface area contributed by atoms with Gasteiger partial charge in [0.05, 0.1) is 12.0 Å². The maximum atomic E-state index is 12.1. The van der Waals surface area contributed by atoms with Crippen LogP contribution in [0.3, 0.4) is 0 Å². The molecule has 3 aromatic rings. The molecule has 0 spiro atoms. The first-order valence-electron chi connectivity index (χ1n) is 7.85. The van der Waals surface area contributed by atoms with Crippen molar-refractivity contribution in [2.75, 3.05) is 6.61 Å². The summed E-state index contributed by atoms with van der Waals surface area (Å²) in [6, 6.07) is 13.2. The van der Waals surface area contributed by atoms with Crippen molar-refractivity contribution in [2.45, 2.75) is 13.5 Å². The molecule has 128 valence electrons. The molecule has 0 bridgehead atoms. The average molecular weight is 356 g/mol. The van der Waals surface area contributed by atoms with E-state index in [0.29, 0.717) is 17.3 Å². The topological polar surface area (TPSA) is 56.1 Å². The summed E-state index contributed by atoms with van der Waals surface area (Å²) in [6.07, 6.45) is 5.32. The second kappa shape index (κ2) is 7.85. The molecule has 1 heterocycles. The first-order chi connectivity index (χ1) is 12.1. The second-order valence-corrected chi connectivity index (χ2v) is 5.98. The van der Waals surface area contributed by atoms with Crippen LogP contribution in [-0.2, 0) is 11.3 Å². The third-order valence-corrected chi connectivity index (χ3v) is 4.17. The number of nitrogens with one attached hydrogen (secondary N) is 1. The van der Waals surface area contributed by atoms with E-state index in [1.54, 1.807) is 24.7 Å². The van der Waals surface area contributed by atoms with Gasteiger partial charge in [-0.05, 0) is 42.3 Å². The van der Waals surface area contributed by atoms with Crippen LogP contribution < -0.4 is 10.1 Å². The molecule has 0 unspecified atom stereocenters. The Hall–Kier alpha value is -2.79. The smallest absolute Gasteiger partial charge is 0.258 e. The van der Waals surface area contributed by atoms with Gasteiger partial charge >= 0.3 is 0 Å². The van der Waals surface area contributed by atoms with Crippen LogP contribution in [-0.4, -0.2) is 22.1 Å². The van der Waals surface area contributed by atoms with E-state index in [4.69, 9.17) is 16.3 Å². The maximum absolute atomic E-state index is 12.1. The third kappa shape index (κ3) is 4.39. The number of aromatic nitrogens is 2. The highest BCUT2D eigenvalue weighted by atomic mass is 35.5. The van der Waals surface area contributed by atoms with Gasteiger partial charge in [-0.2, -0.15) is 0 Å². The summed E-state index contributed by atoms with van der Waals surface area (Å²) in [4.78, 5) is 16.1. The molecule has 0 aliphatic rings. The fraction of sp³-hybridized carbons (Fsp3) is 0.158. The highest BCUT2D eigenvalue weighted by molar-refractivity contribution is 6.31. The van der Waals surface area contributed by atoms with Crippen molar-refractivity contribution < 1.29 is 9.53 Å². The molecule has 0 saturated carbocycles. The minimum atomic E-state index is -0.187. The van der Waals surface area contributed by atoms with E-state index < -0.39 is 0 Å². The zero-order chi connectivity index (χ0) is 17.6. The van der Waals surface area contributed by atoms with Gasteiger partial charge in [0, 0.05) is 24.0 Å². The number of benzene rings is 2. The van der Waals surface area contributed by atoms with E-state index in [0.717, 1.165) is 16.8 Å². The largest absolute Gasteiger partial charge is 0.484 e. The summed E-state index contributed by atoms with van der Waals surface area (Å²) in [5, 5.41) is 3.55. The molecule has 0 fully saturated rings. The molecule has 2 aromatic carbocycles. The lowest BCUT2D eigenvalue weighted by Crippen LogP contribution is -2.28. The molecule has 0 aliphatic carbocycles. The third-order valence-electron chi connectivity index (χ3n) is 3.75. The van der Waals surface area contributed by atoms with Crippen LogP contribution in [0.4, 0.5) is 0 Å². The Bertz CT molecular complexity index is 863. The van der Waals surface area contributed by atoms with Crippen molar-refractivity contribution in [3.8, 4) is 11.4 Å². The molecule has 5 nitrogen and oxygen atoms in total. The Morgan fingerprint density at radius 1 is 1.28 bits per heavy atom. The molecule has 0 saturated heterocycles. The molecule has 25 heavy (non-hydrogen) atoms. The minimum Gasteiger partial charge on any atom is -0.484 e. The van der Waals surface area contributed by atoms with E-state index >= 15 is 0 Å². The fourth-order valence-electron chi connectivity index (χ4n) is 2.41. The molecule has 3 rings (SSSR count). The number of carbonyl (C=O) groups excluding carboxylic acids is 1. The summed E-state index contributed by atoms with van der Waals surface area (Å²) in [5.74, 6) is 0.434. The quantitative estimate of drug-likeness (QED) is 0.736. The summed E-state index contributed by atoms with van der Waals surface area (Å²) in [5.41, 5.74) is 2.89. The van der Waals surface area contributed by atoms with Gasteiger partial charge in [-0.15, -0.1) is 0 Å². The first kappa shape index (κ1) is 17.0. The fourth-order valence-corrected chi connectivity index (χ4v) is 2.53. The zero-order valence-electron chi connectivity index (χ0n) is 13.8. The van der Waals surface area contributed by atoms with Gasteiger partial charge in [0.25, 0.3) is 5.91 Å². The van der Waals surface area contributed by atoms with Crippen LogP contribution in [0, 0.1) is 6.92 Å². The number of carbonyl (C=O) groups is 1. The number of rotatable bonds is 6. The highest BCUT2D eigenvalue weighted by Crippen LogP contribution is 2.21. The Morgan fingerprint density at radius 2 is 2.12 bits per heavy atom. The van der Waals surface area contributed by atoms with Crippen LogP contribution in [0.2, 0.25) is 5.02 Å². The second-order valence-electron chi connectivity index (χ2n) is 5.58. The molecule has 1 amide bonds. The first-order valence-corrected chi connectivity index (χ1v) is 8.23. The molecule has 6 heteroatoms. The molecule has 0 radical (unpaired) electrons. The number of para-hydroxylation sites is 1. The maximum Gasteiger partial charge on any atom is 0.258 e. The number of imidazole rings is 1. The Labute approximate surface area is 151 Å². The van der Waals surface area contributed by atoms with Crippen LogP contribution in [0.25, 0.3) is 5.69 Å². The molecule has 1 N–H and O–H groups in total. The predicted molar refractivity (Wildman–Crippen MR) is 97.1 cm³/mol. The van der Waals surface area contributed by atoms with E-state index in [-0.39, 0.29) is 12.5 Å². The van der Waals surface area contributed by atoms with Crippen molar-refractivity contribution in [3.63, 3.8) is 0 Å². The van der Waals surface area contributed by atoms with Crippen molar-refractivity contribution in [1.82, 2.24) is 14.9 Å². The minimum absolute atomic E-state index is 0.0473. The summed E-state index contributed by atoms with van der Waals surface area (Å²) >= 11 is 5.98. The van der Waals surface area contributed by atoms with Gasteiger partial charge in [0.2, 0.25) is 0 Å². The lowest BCUT2D eigenvalue weighted by Gasteiger charge is -2.12. The number of halogens is 1. The van der Waals surface area contributed by atoms with E-state index in [2.05, 4.69) is 10.3 Å². The van der Waals surface area contributed by atoms with E-state index in [9.17, 15) is 4.79 Å². The van der Waals surface area contributed by atoms with Crippen LogP contribution >= 0.6 is 11.6 Å². The van der Waals surface area contributed by atoms with Gasteiger partial charge in [0.15, 0.2) is 6.61 Å². The molecular weight excluding hydrogens is 338 g/mol. The van der Waals surface area contributed by atoms with Crippen molar-refractivity contribution in [2.24, 2.45) is 0 Å². The molecule has 0 aliphatic heterocycles.